The molecule has 5 nitrogen and oxygen atoms in total. The first-order chi connectivity index (χ1) is 14.4. The Morgan fingerprint density at radius 3 is 2.50 bits per heavy atom. The number of nitrogens with zero attached hydrogens (tertiary/aromatic N) is 1. The van der Waals surface area contributed by atoms with E-state index in [9.17, 15) is 8.42 Å². The van der Waals surface area contributed by atoms with Gasteiger partial charge in [-0.2, -0.15) is 5.10 Å². The first-order valence-electron chi connectivity index (χ1n) is 8.91. The number of hydrogen-bond acceptors (Lipinski definition) is 5. The molecule has 156 valence electrons. The number of hydrazone groups is 1. The predicted molar refractivity (Wildman–Crippen MR) is 132 cm³/mol. The Kier molecular flexibility index (Phi) is 7.99. The molecule has 9 heteroatoms. The highest BCUT2D eigenvalue weighted by molar-refractivity contribution is 9.11. The maximum Gasteiger partial charge on any atom is 0.263 e. The van der Waals surface area contributed by atoms with Crippen molar-refractivity contribution in [1.82, 2.24) is 0 Å². The van der Waals surface area contributed by atoms with Gasteiger partial charge in [-0.05, 0) is 63.8 Å². The lowest BCUT2D eigenvalue weighted by atomic mass is 10.1. The van der Waals surface area contributed by atoms with Crippen molar-refractivity contribution >= 4 is 65.5 Å². The van der Waals surface area contributed by atoms with Gasteiger partial charge in [0.1, 0.15) is 4.90 Å². The summed E-state index contributed by atoms with van der Waals surface area (Å²) in [4.78, 5) is 1.05. The average Bonchev–Trinajstić information content (AvgIpc) is 2.72. The molecule has 3 aromatic rings. The highest BCUT2D eigenvalue weighted by atomic mass is 79.9. The summed E-state index contributed by atoms with van der Waals surface area (Å²) in [6.07, 6.45) is 2.45. The van der Waals surface area contributed by atoms with Crippen LogP contribution in [-0.2, 0) is 16.4 Å². The second-order valence-corrected chi connectivity index (χ2v) is 10.9. The molecule has 0 fully saturated rings. The standard InChI is InChI=1S/C21H19Br2N3O2S2/c22-17-9-10-18(23)21(13-17)30(27,28)26-19-3-1-2-4-20(19)29-12-11-15-5-7-16(8-6-15)14-25-24/h1-10,13-14,26H,11-12,24H2. The molecule has 0 saturated heterocycles. The summed E-state index contributed by atoms with van der Waals surface area (Å²) < 4.78 is 29.7. The number of sulfonamides is 1. The van der Waals surface area contributed by atoms with Gasteiger partial charge in [0, 0.05) is 19.6 Å². The molecule has 30 heavy (non-hydrogen) atoms. The van der Waals surface area contributed by atoms with Gasteiger partial charge in [-0.3, -0.25) is 4.72 Å². The lowest BCUT2D eigenvalue weighted by molar-refractivity contribution is 0.600. The number of nitrogens with two attached hydrogens (primary N) is 1. The Hall–Kier alpha value is -1.81. The Morgan fingerprint density at radius 1 is 1.03 bits per heavy atom. The van der Waals surface area contributed by atoms with Crippen molar-refractivity contribution in [3.8, 4) is 0 Å². The molecule has 0 bridgehead atoms. The van der Waals surface area contributed by atoms with Crippen LogP contribution < -0.4 is 10.6 Å². The van der Waals surface area contributed by atoms with Crippen molar-refractivity contribution in [2.24, 2.45) is 10.9 Å². The molecule has 0 spiro atoms. The van der Waals surface area contributed by atoms with Gasteiger partial charge in [0.25, 0.3) is 10.0 Å². The first-order valence-corrected chi connectivity index (χ1v) is 13.0. The molecule has 0 aliphatic rings. The first kappa shape index (κ1) is 22.9. The van der Waals surface area contributed by atoms with E-state index in [1.807, 2.05) is 42.5 Å². The minimum Gasteiger partial charge on any atom is -0.323 e. The summed E-state index contributed by atoms with van der Waals surface area (Å²) in [7, 11) is -3.74. The fourth-order valence-electron chi connectivity index (χ4n) is 2.69. The lowest BCUT2D eigenvalue weighted by Crippen LogP contribution is -2.14. The van der Waals surface area contributed by atoms with Crippen LogP contribution in [-0.4, -0.2) is 20.4 Å². The molecule has 0 unspecified atom stereocenters. The Morgan fingerprint density at radius 2 is 1.77 bits per heavy atom. The molecule has 0 saturated carbocycles. The monoisotopic (exact) mass is 567 g/mol. The van der Waals surface area contributed by atoms with Crippen molar-refractivity contribution in [2.75, 3.05) is 10.5 Å². The summed E-state index contributed by atoms with van der Waals surface area (Å²) in [5.41, 5.74) is 2.70. The van der Waals surface area contributed by atoms with E-state index in [-0.39, 0.29) is 4.90 Å². The predicted octanol–water partition coefficient (Wildman–Crippen LogP) is 5.64. The summed E-state index contributed by atoms with van der Waals surface area (Å²) in [6, 6.07) is 20.5. The minimum absolute atomic E-state index is 0.179. The number of nitrogens with one attached hydrogen (secondary N) is 1. The zero-order valence-corrected chi connectivity index (χ0v) is 20.6. The molecular formula is C21H19Br2N3O2S2. The summed E-state index contributed by atoms with van der Waals surface area (Å²) in [5, 5.41) is 3.52. The van der Waals surface area contributed by atoms with Gasteiger partial charge < -0.3 is 5.84 Å². The fourth-order valence-corrected chi connectivity index (χ4v) is 6.35. The SMILES string of the molecule is NN=Cc1ccc(CCSc2ccccc2NS(=O)(=O)c2cc(Br)ccc2Br)cc1. The van der Waals surface area contributed by atoms with E-state index in [0.717, 1.165) is 22.6 Å². The van der Waals surface area contributed by atoms with E-state index >= 15 is 0 Å². The third-order valence-corrected chi connectivity index (χ3v) is 8.09. The zero-order chi connectivity index (χ0) is 21.6. The molecule has 0 heterocycles. The van der Waals surface area contributed by atoms with Crippen LogP contribution in [0.4, 0.5) is 5.69 Å². The molecule has 3 N–H and O–H groups in total. The fraction of sp³-hybridized carbons (Fsp3) is 0.0952. The third-order valence-electron chi connectivity index (χ3n) is 4.17. The van der Waals surface area contributed by atoms with Crippen LogP contribution in [0.25, 0.3) is 0 Å². The molecule has 0 atom stereocenters. The van der Waals surface area contributed by atoms with Crippen molar-refractivity contribution in [3.05, 3.63) is 86.8 Å². The maximum atomic E-state index is 12.9. The Bertz CT molecular complexity index is 1150. The van der Waals surface area contributed by atoms with Crippen molar-refractivity contribution in [2.45, 2.75) is 16.2 Å². The summed E-state index contributed by atoms with van der Waals surface area (Å²) in [6.45, 7) is 0. The van der Waals surface area contributed by atoms with Gasteiger partial charge in [0.2, 0.25) is 0 Å². The topological polar surface area (TPSA) is 84.5 Å². The number of anilines is 1. The van der Waals surface area contributed by atoms with E-state index in [0.29, 0.717) is 14.6 Å². The maximum absolute atomic E-state index is 12.9. The zero-order valence-electron chi connectivity index (χ0n) is 15.8. The second-order valence-electron chi connectivity index (χ2n) is 6.29. The number of benzene rings is 3. The van der Waals surface area contributed by atoms with Gasteiger partial charge in [-0.15, -0.1) is 11.8 Å². The number of hydrogen-bond donors (Lipinski definition) is 2. The highest BCUT2D eigenvalue weighted by Crippen LogP contribution is 2.32. The van der Waals surface area contributed by atoms with Gasteiger partial charge >= 0.3 is 0 Å². The van der Waals surface area contributed by atoms with Crippen LogP contribution in [0.5, 0.6) is 0 Å². The molecular weight excluding hydrogens is 550 g/mol. The van der Waals surface area contributed by atoms with E-state index in [1.165, 1.54) is 5.56 Å². The van der Waals surface area contributed by atoms with Gasteiger partial charge in [-0.25, -0.2) is 8.42 Å². The molecule has 0 aromatic heterocycles. The van der Waals surface area contributed by atoms with E-state index in [2.05, 4.69) is 41.7 Å². The Labute approximate surface area is 197 Å². The molecule has 3 aromatic carbocycles. The van der Waals surface area contributed by atoms with Crippen LogP contribution in [0, 0.1) is 0 Å². The Balaban J connectivity index is 1.70. The number of aryl methyl sites for hydroxylation is 1. The summed E-state index contributed by atoms with van der Waals surface area (Å²) >= 11 is 8.25. The number of para-hydroxylation sites is 1. The van der Waals surface area contributed by atoms with Crippen molar-refractivity contribution in [1.29, 1.82) is 0 Å². The quantitative estimate of drug-likeness (QED) is 0.159. The van der Waals surface area contributed by atoms with Crippen molar-refractivity contribution < 1.29 is 8.42 Å². The van der Waals surface area contributed by atoms with Crippen LogP contribution in [0.15, 0.2) is 90.6 Å². The number of thioether (sulfide) groups is 1. The molecule has 0 aliphatic carbocycles. The smallest absolute Gasteiger partial charge is 0.263 e. The molecule has 0 amide bonds. The molecule has 3 rings (SSSR count). The third kappa shape index (κ3) is 6.10. The number of rotatable bonds is 8. The van der Waals surface area contributed by atoms with Crippen molar-refractivity contribution in [3.63, 3.8) is 0 Å². The number of halogens is 2. The highest BCUT2D eigenvalue weighted by Gasteiger charge is 2.19. The van der Waals surface area contributed by atoms with Crippen LogP contribution in [0.2, 0.25) is 0 Å². The largest absolute Gasteiger partial charge is 0.323 e. The van der Waals surface area contributed by atoms with Crippen LogP contribution in [0.1, 0.15) is 11.1 Å². The van der Waals surface area contributed by atoms with Crippen LogP contribution in [0.3, 0.4) is 0 Å². The molecule has 0 radical (unpaired) electrons. The van der Waals surface area contributed by atoms with Crippen LogP contribution >= 0.6 is 43.6 Å². The van der Waals surface area contributed by atoms with E-state index in [4.69, 9.17) is 5.84 Å². The molecule has 0 aliphatic heterocycles. The average molecular weight is 569 g/mol. The van der Waals surface area contributed by atoms with E-state index in [1.54, 1.807) is 42.2 Å². The van der Waals surface area contributed by atoms with Gasteiger partial charge in [0.05, 0.1) is 11.9 Å². The minimum atomic E-state index is -3.74. The van der Waals surface area contributed by atoms with Gasteiger partial charge in [-0.1, -0.05) is 52.3 Å². The van der Waals surface area contributed by atoms with Gasteiger partial charge in [0.15, 0.2) is 0 Å². The normalized spacial score (nSPS) is 11.7. The lowest BCUT2D eigenvalue weighted by Gasteiger charge is -2.13. The second kappa shape index (κ2) is 10.5. The summed E-state index contributed by atoms with van der Waals surface area (Å²) in [5.74, 6) is 5.98. The van der Waals surface area contributed by atoms with E-state index < -0.39 is 10.0 Å².